The van der Waals surface area contributed by atoms with Crippen LogP contribution in [0.3, 0.4) is 0 Å². The van der Waals surface area contributed by atoms with E-state index >= 15 is 0 Å². The van der Waals surface area contributed by atoms with E-state index in [1.54, 1.807) is 6.92 Å². The molecule has 0 spiro atoms. The summed E-state index contributed by atoms with van der Waals surface area (Å²) in [6.45, 7) is 2.36. The molecule has 100 valence electrons. The standard InChI is InChI=1S/C10H20N2O5/c1-8(7-9(14)15)11-10(16)12(3-5-13)4-6-17-2/h8,13H,3-7H2,1-2H3,(H,11,16)(H,14,15). The van der Waals surface area contributed by atoms with Gasteiger partial charge in [-0.15, -0.1) is 0 Å². The van der Waals surface area contributed by atoms with Crippen molar-refractivity contribution < 1.29 is 24.5 Å². The zero-order chi connectivity index (χ0) is 13.3. The Morgan fingerprint density at radius 2 is 2.06 bits per heavy atom. The third-order valence-electron chi connectivity index (χ3n) is 2.07. The summed E-state index contributed by atoms with van der Waals surface area (Å²) >= 11 is 0. The molecule has 0 fully saturated rings. The van der Waals surface area contributed by atoms with Gasteiger partial charge in [0.1, 0.15) is 0 Å². The van der Waals surface area contributed by atoms with Gasteiger partial charge in [-0.25, -0.2) is 4.79 Å². The van der Waals surface area contributed by atoms with Gasteiger partial charge >= 0.3 is 12.0 Å². The van der Waals surface area contributed by atoms with Gasteiger partial charge in [0.2, 0.25) is 0 Å². The Labute approximate surface area is 100 Å². The van der Waals surface area contributed by atoms with Crippen LogP contribution >= 0.6 is 0 Å². The first-order chi connectivity index (χ1) is 8.01. The maximum absolute atomic E-state index is 11.7. The van der Waals surface area contributed by atoms with Crippen LogP contribution in [0.4, 0.5) is 4.79 Å². The van der Waals surface area contributed by atoms with E-state index in [9.17, 15) is 9.59 Å². The fraction of sp³-hybridized carbons (Fsp3) is 0.800. The monoisotopic (exact) mass is 248 g/mol. The molecule has 0 heterocycles. The van der Waals surface area contributed by atoms with Crippen LogP contribution in [0, 0.1) is 0 Å². The zero-order valence-electron chi connectivity index (χ0n) is 10.2. The van der Waals surface area contributed by atoms with Crippen molar-refractivity contribution in [2.75, 3.05) is 33.4 Å². The molecule has 1 atom stereocenters. The number of carboxylic acids is 1. The Kier molecular flexibility index (Phi) is 8.08. The van der Waals surface area contributed by atoms with E-state index in [1.807, 2.05) is 0 Å². The number of rotatable bonds is 8. The van der Waals surface area contributed by atoms with E-state index in [4.69, 9.17) is 14.9 Å². The lowest BCUT2D eigenvalue weighted by Crippen LogP contribution is -2.46. The summed E-state index contributed by atoms with van der Waals surface area (Å²) in [7, 11) is 1.52. The Morgan fingerprint density at radius 3 is 2.53 bits per heavy atom. The number of hydrogen-bond donors (Lipinski definition) is 3. The van der Waals surface area contributed by atoms with Gasteiger partial charge in [0.05, 0.1) is 19.6 Å². The molecule has 0 aliphatic heterocycles. The molecule has 3 N–H and O–H groups in total. The van der Waals surface area contributed by atoms with Crippen LogP contribution in [0.2, 0.25) is 0 Å². The Hall–Kier alpha value is -1.34. The molecule has 0 bridgehead atoms. The topological polar surface area (TPSA) is 99.1 Å². The van der Waals surface area contributed by atoms with E-state index < -0.39 is 18.0 Å². The van der Waals surface area contributed by atoms with E-state index in [0.29, 0.717) is 13.2 Å². The van der Waals surface area contributed by atoms with Crippen molar-refractivity contribution in [3.63, 3.8) is 0 Å². The molecule has 17 heavy (non-hydrogen) atoms. The van der Waals surface area contributed by atoms with Crippen LogP contribution in [-0.2, 0) is 9.53 Å². The fourth-order valence-corrected chi connectivity index (χ4v) is 1.25. The molecular weight excluding hydrogens is 228 g/mol. The van der Waals surface area contributed by atoms with Crippen molar-refractivity contribution in [2.24, 2.45) is 0 Å². The molecule has 2 amide bonds. The molecule has 1 unspecified atom stereocenters. The number of aliphatic carboxylic acids is 1. The molecule has 0 aliphatic carbocycles. The highest BCUT2D eigenvalue weighted by atomic mass is 16.5. The number of urea groups is 1. The van der Waals surface area contributed by atoms with Crippen LogP contribution in [0.1, 0.15) is 13.3 Å². The third-order valence-corrected chi connectivity index (χ3v) is 2.07. The molecule has 7 heteroatoms. The van der Waals surface area contributed by atoms with Crippen molar-refractivity contribution in [1.29, 1.82) is 0 Å². The highest BCUT2D eigenvalue weighted by Crippen LogP contribution is 1.95. The first-order valence-corrected chi connectivity index (χ1v) is 5.38. The fourth-order valence-electron chi connectivity index (χ4n) is 1.25. The van der Waals surface area contributed by atoms with Gasteiger partial charge in [0, 0.05) is 26.2 Å². The summed E-state index contributed by atoms with van der Waals surface area (Å²) in [5.74, 6) is -0.969. The summed E-state index contributed by atoms with van der Waals surface area (Å²) < 4.78 is 4.84. The van der Waals surface area contributed by atoms with E-state index in [-0.39, 0.29) is 19.6 Å². The van der Waals surface area contributed by atoms with E-state index in [0.717, 1.165) is 0 Å². The van der Waals surface area contributed by atoms with Crippen molar-refractivity contribution in [2.45, 2.75) is 19.4 Å². The minimum atomic E-state index is -0.969. The Morgan fingerprint density at radius 1 is 1.41 bits per heavy atom. The lowest BCUT2D eigenvalue weighted by atomic mass is 10.2. The quantitative estimate of drug-likeness (QED) is 0.538. The van der Waals surface area contributed by atoms with Crippen LogP contribution in [0.25, 0.3) is 0 Å². The second-order valence-corrected chi connectivity index (χ2v) is 3.65. The van der Waals surface area contributed by atoms with Gasteiger partial charge in [0.25, 0.3) is 0 Å². The molecule has 7 nitrogen and oxygen atoms in total. The summed E-state index contributed by atoms with van der Waals surface area (Å²) in [5.41, 5.74) is 0. The van der Waals surface area contributed by atoms with Gasteiger partial charge in [-0.05, 0) is 6.92 Å². The number of aliphatic hydroxyl groups excluding tert-OH is 1. The molecule has 0 aromatic carbocycles. The minimum Gasteiger partial charge on any atom is -0.481 e. The Bertz CT molecular complexity index is 247. The van der Waals surface area contributed by atoms with Crippen molar-refractivity contribution in [1.82, 2.24) is 10.2 Å². The predicted octanol–water partition coefficient (Wildman–Crippen LogP) is -0.500. The van der Waals surface area contributed by atoms with E-state index in [1.165, 1.54) is 12.0 Å². The summed E-state index contributed by atoms with van der Waals surface area (Å²) in [6.07, 6.45) is -0.136. The van der Waals surface area contributed by atoms with E-state index in [2.05, 4.69) is 5.32 Å². The molecule has 0 aromatic heterocycles. The molecule has 0 saturated carbocycles. The smallest absolute Gasteiger partial charge is 0.317 e. The first-order valence-electron chi connectivity index (χ1n) is 5.38. The number of carbonyl (C=O) groups is 2. The number of carbonyl (C=O) groups excluding carboxylic acids is 1. The number of nitrogens with one attached hydrogen (secondary N) is 1. The maximum atomic E-state index is 11.7. The van der Waals surface area contributed by atoms with Crippen LogP contribution < -0.4 is 5.32 Å². The van der Waals surface area contributed by atoms with Gasteiger partial charge in [-0.1, -0.05) is 0 Å². The van der Waals surface area contributed by atoms with Crippen molar-refractivity contribution >= 4 is 12.0 Å². The predicted molar refractivity (Wildman–Crippen MR) is 60.8 cm³/mol. The van der Waals surface area contributed by atoms with Gasteiger partial charge in [-0.2, -0.15) is 0 Å². The second-order valence-electron chi connectivity index (χ2n) is 3.65. The lowest BCUT2D eigenvalue weighted by Gasteiger charge is -2.23. The number of methoxy groups -OCH3 is 1. The number of nitrogens with zero attached hydrogens (tertiary/aromatic N) is 1. The zero-order valence-corrected chi connectivity index (χ0v) is 10.2. The lowest BCUT2D eigenvalue weighted by molar-refractivity contribution is -0.137. The van der Waals surface area contributed by atoms with Gasteiger partial charge in [0.15, 0.2) is 0 Å². The van der Waals surface area contributed by atoms with Crippen LogP contribution in [0.5, 0.6) is 0 Å². The number of carboxylic acid groups (broad SMARTS) is 1. The number of ether oxygens (including phenoxy) is 1. The highest BCUT2D eigenvalue weighted by Gasteiger charge is 2.16. The Balaban J connectivity index is 4.15. The summed E-state index contributed by atoms with van der Waals surface area (Å²) in [4.78, 5) is 23.5. The second kappa shape index (κ2) is 8.77. The molecule has 0 aliphatic rings. The number of amides is 2. The highest BCUT2D eigenvalue weighted by molar-refractivity contribution is 5.75. The largest absolute Gasteiger partial charge is 0.481 e. The van der Waals surface area contributed by atoms with Crippen molar-refractivity contribution in [3.05, 3.63) is 0 Å². The van der Waals surface area contributed by atoms with Crippen LogP contribution in [-0.4, -0.2) is 66.6 Å². The number of hydrogen-bond acceptors (Lipinski definition) is 4. The average Bonchev–Trinajstić information content (AvgIpc) is 2.22. The van der Waals surface area contributed by atoms with Crippen molar-refractivity contribution in [3.8, 4) is 0 Å². The molecule has 0 aromatic rings. The average molecular weight is 248 g/mol. The van der Waals surface area contributed by atoms with Gasteiger partial charge in [-0.3, -0.25) is 4.79 Å². The maximum Gasteiger partial charge on any atom is 0.317 e. The minimum absolute atomic E-state index is 0.136. The summed E-state index contributed by atoms with van der Waals surface area (Å²) in [6, 6.07) is -0.853. The summed E-state index contributed by atoms with van der Waals surface area (Å²) in [5, 5.41) is 19.9. The first kappa shape index (κ1) is 15.7. The molecular formula is C10H20N2O5. The number of aliphatic hydroxyl groups is 1. The molecule has 0 saturated heterocycles. The normalized spacial score (nSPS) is 11.9. The molecule has 0 radical (unpaired) electrons. The van der Waals surface area contributed by atoms with Gasteiger partial charge < -0.3 is 25.2 Å². The van der Waals surface area contributed by atoms with Crippen LogP contribution in [0.15, 0.2) is 0 Å². The SMILES string of the molecule is COCCN(CCO)C(=O)NC(C)CC(=O)O. The molecule has 0 rings (SSSR count). The third kappa shape index (κ3) is 7.53.